The van der Waals surface area contributed by atoms with Crippen molar-refractivity contribution in [3.8, 4) is 22.6 Å². The van der Waals surface area contributed by atoms with Crippen molar-refractivity contribution in [2.45, 2.75) is 20.0 Å². The molecule has 0 amide bonds. The standard InChI is InChI=1S/C22H19N7O/c1-2-29-14-26-19-21(27-20(28-22(19)29)16-4-3-8-23-12-16)25-11-15-5-6-18(24-10-15)17-7-9-30-13-17/h3-10,12-14H,2,11H2,1H3,(H,25,27,28). The third-order valence-electron chi connectivity index (χ3n) is 4.83. The van der Waals surface area contributed by atoms with E-state index in [2.05, 4.69) is 27.2 Å². The van der Waals surface area contributed by atoms with Crippen LogP contribution in [0.1, 0.15) is 12.5 Å². The lowest BCUT2D eigenvalue weighted by Crippen LogP contribution is -2.05. The van der Waals surface area contributed by atoms with Gasteiger partial charge in [0.1, 0.15) is 5.52 Å². The fourth-order valence-corrected chi connectivity index (χ4v) is 3.22. The molecular weight excluding hydrogens is 378 g/mol. The Morgan fingerprint density at radius 1 is 1.03 bits per heavy atom. The summed E-state index contributed by atoms with van der Waals surface area (Å²) < 4.78 is 7.13. The van der Waals surface area contributed by atoms with Crippen LogP contribution in [-0.4, -0.2) is 29.5 Å². The molecule has 0 atom stereocenters. The number of furan rings is 1. The Labute approximate surface area is 172 Å². The number of nitrogens with one attached hydrogen (secondary N) is 1. The average Bonchev–Trinajstić information content (AvgIpc) is 3.48. The summed E-state index contributed by atoms with van der Waals surface area (Å²) in [6, 6.07) is 9.73. The van der Waals surface area contributed by atoms with Crippen LogP contribution in [0.3, 0.4) is 0 Å². The number of hydrogen-bond acceptors (Lipinski definition) is 7. The summed E-state index contributed by atoms with van der Waals surface area (Å²) in [6.45, 7) is 3.41. The van der Waals surface area contributed by atoms with Crippen LogP contribution in [0.4, 0.5) is 5.82 Å². The predicted octanol–water partition coefficient (Wildman–Crippen LogP) is 4.18. The van der Waals surface area contributed by atoms with Gasteiger partial charge in [0.25, 0.3) is 0 Å². The number of aryl methyl sites for hydroxylation is 1. The van der Waals surface area contributed by atoms with E-state index in [9.17, 15) is 0 Å². The molecule has 0 aliphatic heterocycles. The highest BCUT2D eigenvalue weighted by molar-refractivity contribution is 5.85. The SMILES string of the molecule is CCn1cnc2c(NCc3ccc(-c4ccoc4)nc3)nc(-c3cccnc3)nc21. The van der Waals surface area contributed by atoms with Gasteiger partial charge in [-0.3, -0.25) is 9.97 Å². The first-order valence-electron chi connectivity index (χ1n) is 9.66. The number of hydrogen-bond donors (Lipinski definition) is 1. The van der Waals surface area contributed by atoms with Crippen LogP contribution in [0.5, 0.6) is 0 Å². The average molecular weight is 397 g/mol. The first kappa shape index (κ1) is 18.0. The van der Waals surface area contributed by atoms with Crippen LogP contribution >= 0.6 is 0 Å². The van der Waals surface area contributed by atoms with E-state index in [1.165, 1.54) is 0 Å². The summed E-state index contributed by atoms with van der Waals surface area (Å²) in [6.07, 6.45) is 10.5. The van der Waals surface area contributed by atoms with E-state index >= 15 is 0 Å². The third kappa shape index (κ3) is 3.39. The van der Waals surface area contributed by atoms with Gasteiger partial charge in [0.2, 0.25) is 0 Å². The van der Waals surface area contributed by atoms with Gasteiger partial charge in [-0.05, 0) is 36.8 Å². The second-order valence-electron chi connectivity index (χ2n) is 6.76. The minimum atomic E-state index is 0.566. The first-order chi connectivity index (χ1) is 14.8. The maximum atomic E-state index is 5.12. The van der Waals surface area contributed by atoms with E-state index in [0.29, 0.717) is 18.2 Å². The van der Waals surface area contributed by atoms with Gasteiger partial charge in [-0.1, -0.05) is 6.07 Å². The van der Waals surface area contributed by atoms with Gasteiger partial charge in [0.05, 0.1) is 24.5 Å². The zero-order valence-electron chi connectivity index (χ0n) is 16.4. The molecule has 8 nitrogen and oxygen atoms in total. The topological polar surface area (TPSA) is 94.6 Å². The number of anilines is 1. The number of imidazole rings is 1. The number of fused-ring (bicyclic) bond motifs is 1. The van der Waals surface area contributed by atoms with E-state index in [4.69, 9.17) is 14.4 Å². The molecule has 8 heteroatoms. The van der Waals surface area contributed by atoms with Gasteiger partial charge < -0.3 is 14.3 Å². The molecule has 0 radical (unpaired) electrons. The van der Waals surface area contributed by atoms with E-state index in [-0.39, 0.29) is 0 Å². The summed E-state index contributed by atoms with van der Waals surface area (Å²) in [5.41, 5.74) is 5.26. The molecule has 0 aromatic carbocycles. The minimum absolute atomic E-state index is 0.566. The van der Waals surface area contributed by atoms with Crippen molar-refractivity contribution in [2.24, 2.45) is 0 Å². The van der Waals surface area contributed by atoms with E-state index in [1.807, 2.05) is 41.1 Å². The number of aromatic nitrogens is 6. The maximum Gasteiger partial charge on any atom is 0.166 e. The Kier molecular flexibility index (Phi) is 4.65. The molecule has 0 fully saturated rings. The third-order valence-corrected chi connectivity index (χ3v) is 4.83. The largest absolute Gasteiger partial charge is 0.472 e. The summed E-state index contributed by atoms with van der Waals surface area (Å²) in [7, 11) is 0. The highest BCUT2D eigenvalue weighted by Crippen LogP contribution is 2.24. The van der Waals surface area contributed by atoms with Crippen molar-refractivity contribution in [3.05, 3.63) is 73.3 Å². The van der Waals surface area contributed by atoms with Crippen LogP contribution in [0.2, 0.25) is 0 Å². The molecule has 148 valence electrons. The Morgan fingerprint density at radius 3 is 2.73 bits per heavy atom. The summed E-state index contributed by atoms with van der Waals surface area (Å²) in [5.74, 6) is 1.30. The quantitative estimate of drug-likeness (QED) is 0.459. The molecule has 5 aromatic heterocycles. The molecule has 0 saturated heterocycles. The smallest absolute Gasteiger partial charge is 0.166 e. The highest BCUT2D eigenvalue weighted by Gasteiger charge is 2.14. The van der Waals surface area contributed by atoms with Crippen LogP contribution in [0, 0.1) is 0 Å². The van der Waals surface area contributed by atoms with Gasteiger partial charge >= 0.3 is 0 Å². The lowest BCUT2D eigenvalue weighted by atomic mass is 10.2. The minimum Gasteiger partial charge on any atom is -0.472 e. The Morgan fingerprint density at radius 2 is 2.00 bits per heavy atom. The van der Waals surface area contributed by atoms with Crippen molar-refractivity contribution >= 4 is 17.0 Å². The molecule has 0 aliphatic carbocycles. The second-order valence-corrected chi connectivity index (χ2v) is 6.76. The normalized spacial score (nSPS) is 11.1. The van der Waals surface area contributed by atoms with Gasteiger partial charge in [-0.2, -0.15) is 0 Å². The fourth-order valence-electron chi connectivity index (χ4n) is 3.22. The molecule has 30 heavy (non-hydrogen) atoms. The second kappa shape index (κ2) is 7.75. The van der Waals surface area contributed by atoms with Crippen LogP contribution in [-0.2, 0) is 13.1 Å². The van der Waals surface area contributed by atoms with E-state index < -0.39 is 0 Å². The zero-order valence-corrected chi connectivity index (χ0v) is 16.4. The molecule has 5 rings (SSSR count). The predicted molar refractivity (Wildman–Crippen MR) is 113 cm³/mol. The molecule has 5 aromatic rings. The molecule has 1 N–H and O–H groups in total. The van der Waals surface area contributed by atoms with Gasteiger partial charge in [0.15, 0.2) is 17.3 Å². The lowest BCUT2D eigenvalue weighted by Gasteiger charge is -2.09. The monoisotopic (exact) mass is 397 g/mol. The first-order valence-corrected chi connectivity index (χ1v) is 9.66. The Hall–Kier alpha value is -4.07. The molecule has 5 heterocycles. The van der Waals surface area contributed by atoms with Crippen molar-refractivity contribution < 1.29 is 4.42 Å². The van der Waals surface area contributed by atoms with Gasteiger partial charge in [-0.15, -0.1) is 0 Å². The number of pyridine rings is 2. The molecular formula is C22H19N7O. The zero-order chi connectivity index (χ0) is 20.3. The van der Waals surface area contributed by atoms with Gasteiger partial charge in [0, 0.05) is 42.8 Å². The van der Waals surface area contributed by atoms with Crippen LogP contribution in [0.15, 0.2) is 72.2 Å². The summed E-state index contributed by atoms with van der Waals surface area (Å²) in [4.78, 5) is 22.7. The van der Waals surface area contributed by atoms with Gasteiger partial charge in [-0.25, -0.2) is 15.0 Å². The van der Waals surface area contributed by atoms with Crippen molar-refractivity contribution in [1.82, 2.24) is 29.5 Å². The van der Waals surface area contributed by atoms with Crippen LogP contribution in [0.25, 0.3) is 33.8 Å². The lowest BCUT2D eigenvalue weighted by molar-refractivity contribution is 0.568. The summed E-state index contributed by atoms with van der Waals surface area (Å²) >= 11 is 0. The highest BCUT2D eigenvalue weighted by atomic mass is 16.3. The number of rotatable bonds is 6. The van der Waals surface area contributed by atoms with Crippen molar-refractivity contribution in [3.63, 3.8) is 0 Å². The summed E-state index contributed by atoms with van der Waals surface area (Å²) in [5, 5.41) is 3.40. The molecule has 0 aliphatic rings. The van der Waals surface area contributed by atoms with Crippen LogP contribution < -0.4 is 5.32 Å². The Balaban J connectivity index is 1.45. The Bertz CT molecular complexity index is 1260. The van der Waals surface area contributed by atoms with E-state index in [1.54, 1.807) is 31.2 Å². The van der Waals surface area contributed by atoms with Crippen molar-refractivity contribution in [2.75, 3.05) is 5.32 Å². The molecule has 0 saturated carbocycles. The molecule has 0 unspecified atom stereocenters. The van der Waals surface area contributed by atoms with Crippen molar-refractivity contribution in [1.29, 1.82) is 0 Å². The number of nitrogens with zero attached hydrogens (tertiary/aromatic N) is 6. The fraction of sp³-hybridized carbons (Fsp3) is 0.136. The van der Waals surface area contributed by atoms with E-state index in [0.717, 1.165) is 40.1 Å². The maximum absolute atomic E-state index is 5.12. The molecule has 0 bridgehead atoms. The molecule has 0 spiro atoms.